The van der Waals surface area contributed by atoms with Crippen molar-refractivity contribution in [1.82, 2.24) is 4.90 Å². The molecule has 4 heteroatoms. The van der Waals surface area contributed by atoms with Crippen LogP contribution in [0.5, 0.6) is 0 Å². The molecule has 86 valence electrons. The van der Waals surface area contributed by atoms with Crippen molar-refractivity contribution in [3.05, 3.63) is 0 Å². The first kappa shape index (κ1) is 12.0. The van der Waals surface area contributed by atoms with Crippen LogP contribution in [0.1, 0.15) is 39.5 Å². The lowest BCUT2D eigenvalue weighted by Gasteiger charge is -2.21. The zero-order valence-electron chi connectivity index (χ0n) is 9.40. The van der Waals surface area contributed by atoms with Gasteiger partial charge in [-0.15, -0.1) is 0 Å². The van der Waals surface area contributed by atoms with E-state index in [1.807, 2.05) is 0 Å². The third-order valence-corrected chi connectivity index (χ3v) is 2.79. The number of hydrogen-bond acceptors (Lipinski definition) is 2. The lowest BCUT2D eigenvalue weighted by Crippen LogP contribution is -2.40. The van der Waals surface area contributed by atoms with Crippen molar-refractivity contribution in [2.24, 2.45) is 5.92 Å². The van der Waals surface area contributed by atoms with Crippen molar-refractivity contribution in [3.63, 3.8) is 0 Å². The fourth-order valence-electron chi connectivity index (χ4n) is 1.88. The molecule has 0 saturated carbocycles. The first-order chi connectivity index (χ1) is 7.02. The van der Waals surface area contributed by atoms with Crippen molar-refractivity contribution < 1.29 is 14.7 Å². The van der Waals surface area contributed by atoms with Crippen molar-refractivity contribution in [3.8, 4) is 0 Å². The molecule has 1 heterocycles. The van der Waals surface area contributed by atoms with Crippen LogP contribution in [0.3, 0.4) is 0 Å². The van der Waals surface area contributed by atoms with Gasteiger partial charge in [-0.25, -0.2) is 4.79 Å². The second kappa shape index (κ2) is 5.14. The van der Waals surface area contributed by atoms with Gasteiger partial charge in [-0.05, 0) is 25.2 Å². The van der Waals surface area contributed by atoms with E-state index in [4.69, 9.17) is 5.11 Å². The molecule has 0 radical (unpaired) electrons. The van der Waals surface area contributed by atoms with E-state index in [1.54, 1.807) is 0 Å². The molecule has 15 heavy (non-hydrogen) atoms. The van der Waals surface area contributed by atoms with Crippen molar-refractivity contribution >= 4 is 11.9 Å². The standard InChI is InChI=1S/C11H19NO3/c1-8(2)5-6-10(13)12-7-3-4-9(12)11(14)15/h8-9H,3-7H2,1-2H3,(H,14,15)/t9-/m0/s1. The lowest BCUT2D eigenvalue weighted by atomic mass is 10.1. The van der Waals surface area contributed by atoms with Crippen molar-refractivity contribution in [2.45, 2.75) is 45.6 Å². The van der Waals surface area contributed by atoms with Crippen LogP contribution in [-0.2, 0) is 9.59 Å². The Hall–Kier alpha value is -1.06. The first-order valence-corrected chi connectivity index (χ1v) is 5.54. The van der Waals surface area contributed by atoms with E-state index < -0.39 is 12.0 Å². The third kappa shape index (κ3) is 3.22. The van der Waals surface area contributed by atoms with Gasteiger partial charge in [0.05, 0.1) is 0 Å². The summed E-state index contributed by atoms with van der Waals surface area (Å²) in [5.74, 6) is -0.390. The van der Waals surface area contributed by atoms with E-state index in [1.165, 1.54) is 4.90 Å². The van der Waals surface area contributed by atoms with Crippen LogP contribution in [0.25, 0.3) is 0 Å². The molecule has 1 rings (SSSR count). The molecule has 0 spiro atoms. The highest BCUT2D eigenvalue weighted by atomic mass is 16.4. The number of amides is 1. The zero-order chi connectivity index (χ0) is 11.4. The minimum atomic E-state index is -0.870. The Labute approximate surface area is 90.3 Å². The van der Waals surface area contributed by atoms with Gasteiger partial charge in [-0.1, -0.05) is 13.8 Å². The Kier molecular flexibility index (Phi) is 4.12. The molecule has 1 N–H and O–H groups in total. The first-order valence-electron chi connectivity index (χ1n) is 5.54. The maximum absolute atomic E-state index is 11.7. The summed E-state index contributed by atoms with van der Waals surface area (Å²) < 4.78 is 0. The molecule has 0 aromatic carbocycles. The van der Waals surface area contributed by atoms with Gasteiger partial charge in [-0.2, -0.15) is 0 Å². The van der Waals surface area contributed by atoms with Gasteiger partial charge in [0.25, 0.3) is 0 Å². The van der Waals surface area contributed by atoms with Gasteiger partial charge in [-0.3, -0.25) is 4.79 Å². The molecule has 1 aliphatic rings. The summed E-state index contributed by atoms with van der Waals surface area (Å²) in [5, 5.41) is 8.92. The second-order valence-corrected chi connectivity index (χ2v) is 4.52. The van der Waals surface area contributed by atoms with Crippen LogP contribution in [0, 0.1) is 5.92 Å². The van der Waals surface area contributed by atoms with Gasteiger partial charge in [0.2, 0.25) is 5.91 Å². The molecule has 0 unspecified atom stereocenters. The summed E-state index contributed by atoms with van der Waals surface area (Å²) in [6.45, 7) is 4.73. The van der Waals surface area contributed by atoms with Crippen LogP contribution in [-0.4, -0.2) is 34.5 Å². The van der Waals surface area contributed by atoms with Gasteiger partial charge in [0.1, 0.15) is 6.04 Å². The van der Waals surface area contributed by atoms with Gasteiger partial charge in [0.15, 0.2) is 0 Å². The molecule has 1 amide bonds. The molecule has 1 saturated heterocycles. The average molecular weight is 213 g/mol. The summed E-state index contributed by atoms with van der Waals surface area (Å²) in [5.41, 5.74) is 0. The quantitative estimate of drug-likeness (QED) is 0.769. The summed E-state index contributed by atoms with van der Waals surface area (Å²) in [6, 6.07) is -0.579. The highest BCUT2D eigenvalue weighted by molar-refractivity contribution is 5.84. The Bertz CT molecular complexity index is 250. The Morgan fingerprint density at radius 2 is 2.13 bits per heavy atom. The maximum atomic E-state index is 11.7. The fraction of sp³-hybridized carbons (Fsp3) is 0.818. The molecule has 0 aromatic rings. The normalized spacial score (nSPS) is 21.0. The van der Waals surface area contributed by atoms with E-state index in [9.17, 15) is 9.59 Å². The summed E-state index contributed by atoms with van der Waals surface area (Å²) in [7, 11) is 0. The van der Waals surface area contributed by atoms with E-state index in [0.29, 0.717) is 25.3 Å². The molecule has 0 bridgehead atoms. The van der Waals surface area contributed by atoms with Crippen LogP contribution < -0.4 is 0 Å². The predicted molar refractivity (Wildman–Crippen MR) is 56.4 cm³/mol. The molecule has 1 atom stereocenters. The monoisotopic (exact) mass is 213 g/mol. The number of carboxylic acids is 1. The van der Waals surface area contributed by atoms with Crippen LogP contribution >= 0.6 is 0 Å². The fourth-order valence-corrected chi connectivity index (χ4v) is 1.88. The molecule has 0 aliphatic carbocycles. The molecule has 1 fully saturated rings. The highest BCUT2D eigenvalue weighted by Crippen LogP contribution is 2.19. The molecule has 4 nitrogen and oxygen atoms in total. The van der Waals surface area contributed by atoms with Gasteiger partial charge in [0, 0.05) is 13.0 Å². The lowest BCUT2D eigenvalue weighted by molar-refractivity contribution is -0.148. The summed E-state index contributed by atoms with van der Waals surface area (Å²) >= 11 is 0. The number of aliphatic carboxylic acids is 1. The Balaban J connectivity index is 2.47. The number of likely N-dealkylation sites (tertiary alicyclic amines) is 1. The summed E-state index contributed by atoms with van der Waals surface area (Å²) in [6.07, 6.45) is 2.72. The van der Waals surface area contributed by atoms with E-state index in [-0.39, 0.29) is 5.91 Å². The Morgan fingerprint density at radius 3 is 2.67 bits per heavy atom. The molecule has 0 aromatic heterocycles. The number of carbonyl (C=O) groups excluding carboxylic acids is 1. The number of carbonyl (C=O) groups is 2. The smallest absolute Gasteiger partial charge is 0.326 e. The number of carboxylic acid groups (broad SMARTS) is 1. The Morgan fingerprint density at radius 1 is 1.47 bits per heavy atom. The topological polar surface area (TPSA) is 57.6 Å². The van der Waals surface area contributed by atoms with E-state index in [2.05, 4.69) is 13.8 Å². The molecular weight excluding hydrogens is 194 g/mol. The van der Waals surface area contributed by atoms with Crippen molar-refractivity contribution in [2.75, 3.05) is 6.54 Å². The van der Waals surface area contributed by atoms with Crippen LogP contribution in [0.4, 0.5) is 0 Å². The minimum absolute atomic E-state index is 0.00593. The number of rotatable bonds is 4. The molecular formula is C11H19NO3. The van der Waals surface area contributed by atoms with Crippen molar-refractivity contribution in [1.29, 1.82) is 0 Å². The largest absolute Gasteiger partial charge is 0.480 e. The minimum Gasteiger partial charge on any atom is -0.480 e. The average Bonchev–Trinajstić information content (AvgIpc) is 2.62. The number of nitrogens with zero attached hydrogens (tertiary/aromatic N) is 1. The van der Waals surface area contributed by atoms with Gasteiger partial charge < -0.3 is 10.0 Å². The zero-order valence-corrected chi connectivity index (χ0v) is 9.40. The maximum Gasteiger partial charge on any atom is 0.326 e. The van der Waals surface area contributed by atoms with Gasteiger partial charge >= 0.3 is 5.97 Å². The SMILES string of the molecule is CC(C)CCC(=O)N1CCC[C@H]1C(=O)O. The third-order valence-electron chi connectivity index (χ3n) is 2.79. The molecule has 1 aliphatic heterocycles. The number of hydrogen-bond donors (Lipinski definition) is 1. The highest BCUT2D eigenvalue weighted by Gasteiger charge is 2.33. The van der Waals surface area contributed by atoms with Crippen LogP contribution in [0.15, 0.2) is 0 Å². The predicted octanol–water partition coefficient (Wildman–Crippen LogP) is 1.50. The summed E-state index contributed by atoms with van der Waals surface area (Å²) in [4.78, 5) is 24.1. The second-order valence-electron chi connectivity index (χ2n) is 4.52. The van der Waals surface area contributed by atoms with E-state index >= 15 is 0 Å². The van der Waals surface area contributed by atoms with Crippen LogP contribution in [0.2, 0.25) is 0 Å². The van der Waals surface area contributed by atoms with E-state index in [0.717, 1.165) is 12.8 Å².